The van der Waals surface area contributed by atoms with E-state index in [1.54, 1.807) is 31.2 Å². The molecule has 0 saturated heterocycles. The van der Waals surface area contributed by atoms with Crippen LogP contribution in [0.25, 0.3) is 0 Å². The number of rotatable bonds is 14. The van der Waals surface area contributed by atoms with Crippen molar-refractivity contribution in [2.75, 3.05) is 31.0 Å². The van der Waals surface area contributed by atoms with Crippen LogP contribution in [0.3, 0.4) is 0 Å². The van der Waals surface area contributed by atoms with Gasteiger partial charge in [0.15, 0.2) is 0 Å². The summed E-state index contributed by atoms with van der Waals surface area (Å²) in [7, 11) is -2.72. The van der Waals surface area contributed by atoms with Crippen molar-refractivity contribution in [3.05, 3.63) is 88.9 Å². The molecule has 1 atom stereocenters. The molecule has 220 valence electrons. The maximum Gasteiger partial charge on any atom is 0.264 e. The molecule has 0 aliphatic carbocycles. The van der Waals surface area contributed by atoms with E-state index in [1.165, 1.54) is 30.2 Å². The first-order chi connectivity index (χ1) is 19.6. The quantitative estimate of drug-likeness (QED) is 0.256. The normalized spacial score (nSPS) is 11.9. The highest BCUT2D eigenvalue weighted by atomic mass is 35.5. The number of anilines is 1. The van der Waals surface area contributed by atoms with Crippen molar-refractivity contribution in [2.24, 2.45) is 0 Å². The van der Waals surface area contributed by atoms with Crippen molar-refractivity contribution in [3.8, 4) is 5.75 Å². The van der Waals surface area contributed by atoms with E-state index in [2.05, 4.69) is 5.32 Å². The number of benzene rings is 3. The van der Waals surface area contributed by atoms with Gasteiger partial charge in [-0.2, -0.15) is 0 Å². The van der Waals surface area contributed by atoms with E-state index in [0.717, 1.165) is 28.3 Å². The zero-order valence-electron chi connectivity index (χ0n) is 24.0. The average molecular weight is 600 g/mol. The lowest BCUT2D eigenvalue weighted by Crippen LogP contribution is -2.52. The molecule has 0 fully saturated rings. The van der Waals surface area contributed by atoms with Crippen LogP contribution >= 0.6 is 11.6 Å². The Morgan fingerprint density at radius 2 is 1.71 bits per heavy atom. The van der Waals surface area contributed by atoms with Crippen LogP contribution < -0.4 is 14.4 Å². The molecule has 0 spiro atoms. The zero-order valence-corrected chi connectivity index (χ0v) is 25.5. The Balaban J connectivity index is 1.99. The predicted molar refractivity (Wildman–Crippen MR) is 163 cm³/mol. The Morgan fingerprint density at radius 3 is 2.32 bits per heavy atom. The third-order valence-corrected chi connectivity index (χ3v) is 8.88. The van der Waals surface area contributed by atoms with Gasteiger partial charge in [0.2, 0.25) is 11.8 Å². The molecule has 8 nitrogen and oxygen atoms in total. The molecule has 2 amide bonds. The van der Waals surface area contributed by atoms with Crippen molar-refractivity contribution in [3.63, 3.8) is 0 Å². The minimum absolute atomic E-state index is 0.0315. The molecule has 0 unspecified atom stereocenters. The molecule has 0 saturated carbocycles. The molecule has 1 N–H and O–H groups in total. The maximum atomic E-state index is 13.9. The topological polar surface area (TPSA) is 96.0 Å². The Labute approximate surface area is 248 Å². The molecule has 3 rings (SSSR count). The molecule has 3 aromatic rings. The molecule has 0 bridgehead atoms. The second-order valence-corrected chi connectivity index (χ2v) is 12.1. The fourth-order valence-electron chi connectivity index (χ4n) is 4.28. The monoisotopic (exact) mass is 599 g/mol. The second-order valence-electron chi connectivity index (χ2n) is 9.79. The minimum atomic E-state index is -4.18. The first-order valence-corrected chi connectivity index (χ1v) is 15.4. The largest absolute Gasteiger partial charge is 0.495 e. The van der Waals surface area contributed by atoms with Gasteiger partial charge in [0, 0.05) is 13.1 Å². The van der Waals surface area contributed by atoms with Crippen molar-refractivity contribution < 1.29 is 22.7 Å². The van der Waals surface area contributed by atoms with Gasteiger partial charge >= 0.3 is 0 Å². The molecular weight excluding hydrogens is 562 g/mol. The molecule has 10 heteroatoms. The van der Waals surface area contributed by atoms with Gasteiger partial charge in [0.25, 0.3) is 10.0 Å². The first-order valence-electron chi connectivity index (χ1n) is 13.6. The van der Waals surface area contributed by atoms with Crippen LogP contribution in [-0.2, 0) is 26.0 Å². The van der Waals surface area contributed by atoms with Crippen molar-refractivity contribution in [1.29, 1.82) is 0 Å². The second kappa shape index (κ2) is 14.9. The number of unbranched alkanes of at least 4 members (excludes halogenated alkanes) is 1. The summed E-state index contributed by atoms with van der Waals surface area (Å²) in [6.07, 6.45) is 2.23. The summed E-state index contributed by atoms with van der Waals surface area (Å²) >= 11 is 6.36. The Kier molecular flexibility index (Phi) is 11.6. The van der Waals surface area contributed by atoms with Gasteiger partial charge in [0.05, 0.1) is 22.7 Å². The van der Waals surface area contributed by atoms with E-state index >= 15 is 0 Å². The van der Waals surface area contributed by atoms with Crippen LogP contribution in [0, 0.1) is 6.92 Å². The Bertz CT molecular complexity index is 1420. The molecule has 0 aliphatic rings. The fraction of sp³-hybridized carbons (Fsp3) is 0.355. The first kappa shape index (κ1) is 32.0. The van der Waals surface area contributed by atoms with Crippen molar-refractivity contribution >= 4 is 39.1 Å². The molecule has 0 aliphatic heterocycles. The number of halogens is 1. The van der Waals surface area contributed by atoms with Gasteiger partial charge in [-0.3, -0.25) is 13.9 Å². The van der Waals surface area contributed by atoms with Gasteiger partial charge in [-0.05, 0) is 62.6 Å². The summed E-state index contributed by atoms with van der Waals surface area (Å²) in [5, 5.41) is 3.09. The summed E-state index contributed by atoms with van der Waals surface area (Å²) in [5.41, 5.74) is 2.09. The third-order valence-electron chi connectivity index (χ3n) is 6.79. The molecular formula is C31H38ClN3O5S. The minimum Gasteiger partial charge on any atom is -0.495 e. The number of ether oxygens (including phenoxy) is 1. The maximum absolute atomic E-state index is 13.9. The number of carbonyl (C=O) groups excluding carboxylic acids is 2. The number of hydrogen-bond donors (Lipinski definition) is 1. The van der Waals surface area contributed by atoms with Gasteiger partial charge in [-0.25, -0.2) is 8.42 Å². The number of aryl methyl sites for hydroxylation is 1. The van der Waals surface area contributed by atoms with E-state index in [1.807, 2.05) is 44.2 Å². The highest BCUT2D eigenvalue weighted by Crippen LogP contribution is 2.32. The van der Waals surface area contributed by atoms with Crippen LogP contribution in [0.4, 0.5) is 5.69 Å². The van der Waals surface area contributed by atoms with Crippen LogP contribution in [0.5, 0.6) is 5.75 Å². The zero-order chi connectivity index (χ0) is 30.0. The summed E-state index contributed by atoms with van der Waals surface area (Å²) in [6.45, 7) is 5.75. The van der Waals surface area contributed by atoms with E-state index in [4.69, 9.17) is 16.3 Å². The lowest BCUT2D eigenvalue weighted by Gasteiger charge is -2.32. The van der Waals surface area contributed by atoms with Crippen LogP contribution in [0.2, 0.25) is 5.02 Å². The lowest BCUT2D eigenvalue weighted by molar-refractivity contribution is -0.138. The summed E-state index contributed by atoms with van der Waals surface area (Å²) in [6, 6.07) is 19.8. The van der Waals surface area contributed by atoms with Crippen molar-refractivity contribution in [1.82, 2.24) is 10.2 Å². The van der Waals surface area contributed by atoms with E-state index in [9.17, 15) is 18.0 Å². The number of nitrogens with one attached hydrogen (secondary N) is 1. The molecule has 0 heterocycles. The lowest BCUT2D eigenvalue weighted by atomic mass is 10.1. The number of hydrogen-bond acceptors (Lipinski definition) is 5. The molecule has 0 aromatic heterocycles. The van der Waals surface area contributed by atoms with Gasteiger partial charge in [-0.15, -0.1) is 0 Å². The van der Waals surface area contributed by atoms with E-state index in [0.29, 0.717) is 18.7 Å². The van der Waals surface area contributed by atoms with Crippen molar-refractivity contribution in [2.45, 2.75) is 51.0 Å². The van der Waals surface area contributed by atoms with Crippen LogP contribution in [0.1, 0.15) is 37.8 Å². The Morgan fingerprint density at radius 1 is 1.02 bits per heavy atom. The van der Waals surface area contributed by atoms with Crippen LogP contribution in [-0.4, -0.2) is 57.9 Å². The number of carbonyl (C=O) groups is 2. The standard InChI is InChI=1S/C31H38ClN3O5S/c1-5-6-19-33-31(37)24(3)34(20-18-25-10-8-7-9-11-25)30(36)22-35(26-14-17-29(40-4)28(32)21-26)41(38,39)27-15-12-23(2)13-16-27/h7-17,21,24H,5-6,18-20,22H2,1-4H3,(H,33,37)/t24-/m0/s1. The molecule has 0 radical (unpaired) electrons. The fourth-order valence-corrected chi connectivity index (χ4v) is 5.94. The number of nitrogens with zero attached hydrogens (tertiary/aromatic N) is 2. The third kappa shape index (κ3) is 8.47. The van der Waals surface area contributed by atoms with Gasteiger partial charge < -0.3 is 15.0 Å². The summed E-state index contributed by atoms with van der Waals surface area (Å²) < 4.78 is 34.1. The van der Waals surface area contributed by atoms with E-state index in [-0.39, 0.29) is 28.1 Å². The number of sulfonamides is 1. The molecule has 3 aromatic carbocycles. The smallest absolute Gasteiger partial charge is 0.264 e. The highest BCUT2D eigenvalue weighted by Gasteiger charge is 2.32. The van der Waals surface area contributed by atoms with Gasteiger partial charge in [-0.1, -0.05) is 73.0 Å². The van der Waals surface area contributed by atoms with Crippen LogP contribution in [0.15, 0.2) is 77.7 Å². The Hall–Kier alpha value is -3.56. The number of amides is 2. The number of methoxy groups -OCH3 is 1. The van der Waals surface area contributed by atoms with E-state index < -0.39 is 28.5 Å². The van der Waals surface area contributed by atoms with Gasteiger partial charge in [0.1, 0.15) is 18.3 Å². The highest BCUT2D eigenvalue weighted by molar-refractivity contribution is 7.92. The summed E-state index contributed by atoms with van der Waals surface area (Å²) in [4.78, 5) is 28.4. The SMILES string of the molecule is CCCCNC(=O)[C@H](C)N(CCc1ccccc1)C(=O)CN(c1ccc(OC)c(Cl)c1)S(=O)(=O)c1ccc(C)cc1. The predicted octanol–water partition coefficient (Wildman–Crippen LogP) is 5.23. The summed E-state index contributed by atoms with van der Waals surface area (Å²) in [5.74, 6) is -0.432. The molecule has 41 heavy (non-hydrogen) atoms. The average Bonchev–Trinajstić information content (AvgIpc) is 2.96.